The maximum Gasteiger partial charge on any atom is 0.322 e. The second-order valence-electron chi connectivity index (χ2n) is 3.52. The number of carbonyl (C=O) groups excluding carboxylic acids is 1. The summed E-state index contributed by atoms with van der Waals surface area (Å²) in [6, 6.07) is 7.15. The lowest BCUT2D eigenvalue weighted by Gasteiger charge is -2.09. The molecule has 88 valence electrons. The van der Waals surface area contributed by atoms with Gasteiger partial charge in [-0.1, -0.05) is 12.1 Å². The van der Waals surface area contributed by atoms with Gasteiger partial charge in [0.15, 0.2) is 0 Å². The Bertz CT molecular complexity index is 335. The maximum absolute atomic E-state index is 11.1. The topological polar surface area (TPSA) is 61.5 Å². The van der Waals surface area contributed by atoms with Crippen molar-refractivity contribution in [2.24, 2.45) is 5.73 Å². The van der Waals surface area contributed by atoms with Gasteiger partial charge in [-0.05, 0) is 30.5 Å². The standard InChI is InChI=1S/C12H17NO3/c1-15-10-6-3-9(4-7-10)5-8-11(13)12(14)16-2/h3-4,6-7,11H,5,8,13H2,1-2H3. The predicted molar refractivity (Wildman–Crippen MR) is 61.3 cm³/mol. The monoisotopic (exact) mass is 223 g/mol. The zero-order valence-corrected chi connectivity index (χ0v) is 9.60. The lowest BCUT2D eigenvalue weighted by Crippen LogP contribution is -2.31. The summed E-state index contributed by atoms with van der Waals surface area (Å²) in [4.78, 5) is 11.1. The SMILES string of the molecule is COC(=O)C(N)CCc1ccc(OC)cc1. The highest BCUT2D eigenvalue weighted by molar-refractivity contribution is 5.75. The van der Waals surface area contributed by atoms with E-state index in [-0.39, 0.29) is 5.97 Å². The number of carbonyl (C=O) groups is 1. The van der Waals surface area contributed by atoms with Crippen molar-refractivity contribution in [3.8, 4) is 5.75 Å². The normalized spacial score (nSPS) is 11.9. The van der Waals surface area contributed by atoms with Crippen LogP contribution in [0, 0.1) is 0 Å². The van der Waals surface area contributed by atoms with Crippen molar-refractivity contribution in [1.29, 1.82) is 0 Å². The second kappa shape index (κ2) is 6.12. The molecule has 1 aromatic rings. The van der Waals surface area contributed by atoms with Crippen LogP contribution in [0.25, 0.3) is 0 Å². The van der Waals surface area contributed by atoms with Crippen molar-refractivity contribution in [3.05, 3.63) is 29.8 Å². The van der Waals surface area contributed by atoms with Gasteiger partial charge in [-0.15, -0.1) is 0 Å². The smallest absolute Gasteiger partial charge is 0.322 e. The van der Waals surface area contributed by atoms with Crippen LogP contribution < -0.4 is 10.5 Å². The fourth-order valence-electron chi connectivity index (χ4n) is 1.38. The summed E-state index contributed by atoms with van der Waals surface area (Å²) in [5, 5.41) is 0. The minimum atomic E-state index is -0.549. The quantitative estimate of drug-likeness (QED) is 0.760. The van der Waals surface area contributed by atoms with E-state index in [4.69, 9.17) is 10.5 Å². The van der Waals surface area contributed by atoms with Gasteiger partial charge in [0.25, 0.3) is 0 Å². The molecule has 1 unspecified atom stereocenters. The average Bonchev–Trinajstić information content (AvgIpc) is 2.35. The van der Waals surface area contributed by atoms with Crippen molar-refractivity contribution < 1.29 is 14.3 Å². The van der Waals surface area contributed by atoms with E-state index in [1.165, 1.54) is 7.11 Å². The van der Waals surface area contributed by atoms with E-state index in [2.05, 4.69) is 4.74 Å². The van der Waals surface area contributed by atoms with Crippen LogP contribution >= 0.6 is 0 Å². The largest absolute Gasteiger partial charge is 0.497 e. The number of rotatable bonds is 5. The van der Waals surface area contributed by atoms with Gasteiger partial charge >= 0.3 is 5.97 Å². The molecule has 0 amide bonds. The highest BCUT2D eigenvalue weighted by Gasteiger charge is 2.12. The molecule has 2 N–H and O–H groups in total. The zero-order valence-electron chi connectivity index (χ0n) is 9.60. The molecular weight excluding hydrogens is 206 g/mol. The third kappa shape index (κ3) is 3.55. The Balaban J connectivity index is 2.45. The van der Waals surface area contributed by atoms with Crippen LogP contribution in [-0.4, -0.2) is 26.2 Å². The van der Waals surface area contributed by atoms with Crippen LogP contribution in [0.2, 0.25) is 0 Å². The molecule has 1 rings (SSSR count). The van der Waals surface area contributed by atoms with Crippen molar-refractivity contribution >= 4 is 5.97 Å². The molecule has 0 saturated carbocycles. The summed E-state index contributed by atoms with van der Waals surface area (Å²) in [5.41, 5.74) is 6.76. The Hall–Kier alpha value is -1.55. The van der Waals surface area contributed by atoms with Crippen LogP contribution in [-0.2, 0) is 16.0 Å². The first-order valence-electron chi connectivity index (χ1n) is 5.13. The number of hydrogen-bond donors (Lipinski definition) is 1. The lowest BCUT2D eigenvalue weighted by atomic mass is 10.1. The van der Waals surface area contributed by atoms with Gasteiger partial charge in [0.1, 0.15) is 11.8 Å². The highest BCUT2D eigenvalue weighted by Crippen LogP contribution is 2.13. The molecule has 0 spiro atoms. The van der Waals surface area contributed by atoms with Gasteiger partial charge in [0.05, 0.1) is 14.2 Å². The molecule has 0 fully saturated rings. The molecule has 1 atom stereocenters. The number of methoxy groups -OCH3 is 2. The van der Waals surface area contributed by atoms with Crippen LogP contribution in [0.15, 0.2) is 24.3 Å². The average molecular weight is 223 g/mol. The molecule has 0 bridgehead atoms. The highest BCUT2D eigenvalue weighted by atomic mass is 16.5. The minimum absolute atomic E-state index is 0.367. The molecule has 0 saturated heterocycles. The Morgan fingerprint density at radius 2 is 1.94 bits per heavy atom. The van der Waals surface area contributed by atoms with E-state index in [0.717, 1.165) is 17.7 Å². The van der Waals surface area contributed by atoms with E-state index in [1.807, 2.05) is 24.3 Å². The Morgan fingerprint density at radius 3 is 2.44 bits per heavy atom. The molecule has 4 nitrogen and oxygen atoms in total. The summed E-state index contributed by atoms with van der Waals surface area (Å²) in [7, 11) is 2.97. The van der Waals surface area contributed by atoms with Crippen molar-refractivity contribution in [1.82, 2.24) is 0 Å². The van der Waals surface area contributed by atoms with Crippen LogP contribution in [0.3, 0.4) is 0 Å². The summed E-state index contributed by atoms with van der Waals surface area (Å²) < 4.78 is 9.60. The lowest BCUT2D eigenvalue weighted by molar-refractivity contribution is -0.142. The summed E-state index contributed by atoms with van der Waals surface area (Å²) >= 11 is 0. The Labute approximate surface area is 95.3 Å². The van der Waals surface area contributed by atoms with E-state index in [9.17, 15) is 4.79 Å². The molecule has 4 heteroatoms. The number of nitrogens with two attached hydrogens (primary N) is 1. The van der Waals surface area contributed by atoms with Crippen LogP contribution in [0.1, 0.15) is 12.0 Å². The number of hydrogen-bond acceptors (Lipinski definition) is 4. The van der Waals surface area contributed by atoms with Crippen LogP contribution in [0.5, 0.6) is 5.75 Å². The van der Waals surface area contributed by atoms with Crippen molar-refractivity contribution in [2.45, 2.75) is 18.9 Å². The third-order valence-corrected chi connectivity index (χ3v) is 2.41. The van der Waals surface area contributed by atoms with Gasteiger partial charge in [0, 0.05) is 0 Å². The van der Waals surface area contributed by atoms with Gasteiger partial charge in [-0.25, -0.2) is 0 Å². The molecule has 0 aliphatic heterocycles. The molecule has 0 aliphatic rings. The summed E-state index contributed by atoms with van der Waals surface area (Å²) in [6.07, 6.45) is 1.33. The number of esters is 1. The zero-order chi connectivity index (χ0) is 12.0. The molecule has 0 aliphatic carbocycles. The Morgan fingerprint density at radius 1 is 1.31 bits per heavy atom. The van der Waals surface area contributed by atoms with E-state index in [0.29, 0.717) is 6.42 Å². The number of benzene rings is 1. The van der Waals surface area contributed by atoms with Crippen molar-refractivity contribution in [3.63, 3.8) is 0 Å². The number of aryl methyl sites for hydroxylation is 1. The third-order valence-electron chi connectivity index (χ3n) is 2.41. The fourth-order valence-corrected chi connectivity index (χ4v) is 1.38. The molecule has 0 radical (unpaired) electrons. The second-order valence-corrected chi connectivity index (χ2v) is 3.52. The molecule has 0 heterocycles. The van der Waals surface area contributed by atoms with Crippen LogP contribution in [0.4, 0.5) is 0 Å². The van der Waals surface area contributed by atoms with E-state index < -0.39 is 6.04 Å². The van der Waals surface area contributed by atoms with Gasteiger partial charge in [0.2, 0.25) is 0 Å². The van der Waals surface area contributed by atoms with Crippen molar-refractivity contribution in [2.75, 3.05) is 14.2 Å². The maximum atomic E-state index is 11.1. The Kier molecular flexibility index (Phi) is 4.79. The van der Waals surface area contributed by atoms with E-state index in [1.54, 1.807) is 7.11 Å². The first-order chi connectivity index (χ1) is 7.67. The van der Waals surface area contributed by atoms with Gasteiger partial charge in [-0.3, -0.25) is 4.79 Å². The molecular formula is C12H17NO3. The molecule has 16 heavy (non-hydrogen) atoms. The summed E-state index contributed by atoms with van der Waals surface area (Å²) in [6.45, 7) is 0. The first kappa shape index (κ1) is 12.5. The minimum Gasteiger partial charge on any atom is -0.497 e. The van der Waals surface area contributed by atoms with E-state index >= 15 is 0 Å². The number of ether oxygens (including phenoxy) is 2. The van der Waals surface area contributed by atoms with Gasteiger partial charge in [-0.2, -0.15) is 0 Å². The summed E-state index contributed by atoms with van der Waals surface area (Å²) in [5.74, 6) is 0.453. The first-order valence-corrected chi connectivity index (χ1v) is 5.13. The molecule has 1 aromatic carbocycles. The molecule has 0 aromatic heterocycles. The fraction of sp³-hybridized carbons (Fsp3) is 0.417. The predicted octanol–water partition coefficient (Wildman–Crippen LogP) is 1.13. The van der Waals surface area contributed by atoms with Gasteiger partial charge < -0.3 is 15.2 Å².